The third-order valence-corrected chi connectivity index (χ3v) is 0.635. The van der Waals surface area contributed by atoms with Gasteiger partial charge in [0.15, 0.2) is 0 Å². The maximum absolute atomic E-state index is 5.11. The van der Waals surface area contributed by atoms with Crippen molar-refractivity contribution in [2.24, 2.45) is 10.7 Å². The summed E-state index contributed by atoms with van der Waals surface area (Å²) in [5, 5.41) is 0. The Kier molecular flexibility index (Phi) is 0.978. The molecule has 0 atom stereocenters. The molecule has 0 saturated heterocycles. The minimum atomic E-state index is 0.252. The zero-order valence-corrected chi connectivity index (χ0v) is 3.79. The molecule has 38 valence electrons. The highest BCUT2D eigenvalue weighted by Gasteiger charge is 1.90. The van der Waals surface area contributed by atoms with Gasteiger partial charge < -0.3 is 10.5 Å². The van der Waals surface area contributed by atoms with E-state index < -0.39 is 0 Å². The van der Waals surface area contributed by atoms with Gasteiger partial charge >= 0.3 is 0 Å². The molecule has 3 nitrogen and oxygen atoms in total. The first kappa shape index (κ1) is 4.18. The van der Waals surface area contributed by atoms with Gasteiger partial charge in [-0.25, -0.2) is 4.99 Å². The Morgan fingerprint density at radius 2 is 2.71 bits per heavy atom. The summed E-state index contributed by atoms with van der Waals surface area (Å²) in [6, 6.07) is 0.252. The van der Waals surface area contributed by atoms with Crippen molar-refractivity contribution in [3.05, 3.63) is 12.3 Å². The zero-order valence-electron chi connectivity index (χ0n) is 3.79. The van der Waals surface area contributed by atoms with E-state index in [0.29, 0.717) is 6.61 Å². The van der Waals surface area contributed by atoms with Crippen molar-refractivity contribution in [2.45, 2.75) is 0 Å². The molecule has 1 rings (SSSR count). The van der Waals surface area contributed by atoms with Crippen LogP contribution in [0.25, 0.3) is 0 Å². The van der Waals surface area contributed by atoms with Crippen molar-refractivity contribution in [1.82, 2.24) is 0 Å². The van der Waals surface area contributed by atoms with Crippen LogP contribution >= 0.6 is 0 Å². The van der Waals surface area contributed by atoms with E-state index in [9.17, 15) is 0 Å². The lowest BCUT2D eigenvalue weighted by atomic mass is 10.6. The number of hydrogen-bond donors (Lipinski definition) is 1. The van der Waals surface area contributed by atoms with Gasteiger partial charge in [0.05, 0.1) is 0 Å². The first-order valence-corrected chi connectivity index (χ1v) is 2.00. The van der Waals surface area contributed by atoms with Crippen LogP contribution in [-0.4, -0.2) is 12.6 Å². The Bertz CT molecular complexity index is 117. The average molecular weight is 98.1 g/mol. The summed E-state index contributed by atoms with van der Waals surface area (Å²) in [7, 11) is 0. The van der Waals surface area contributed by atoms with Gasteiger partial charge in [-0.1, -0.05) is 0 Å². The van der Waals surface area contributed by atoms with Crippen molar-refractivity contribution >= 4 is 6.02 Å². The summed E-state index contributed by atoms with van der Waals surface area (Å²) in [5.74, 6) is 0. The van der Waals surface area contributed by atoms with Crippen molar-refractivity contribution in [1.29, 1.82) is 0 Å². The Balaban J connectivity index is 2.57. The lowest BCUT2D eigenvalue weighted by Crippen LogP contribution is -2.17. The number of amidine groups is 1. The van der Waals surface area contributed by atoms with Gasteiger partial charge in [-0.2, -0.15) is 0 Å². The second kappa shape index (κ2) is 1.64. The molecule has 0 aliphatic carbocycles. The van der Waals surface area contributed by atoms with E-state index in [2.05, 4.69) is 4.99 Å². The molecule has 0 saturated carbocycles. The SMILES string of the molecule is NC1=NC=CCO1. The van der Waals surface area contributed by atoms with E-state index in [1.807, 2.05) is 0 Å². The molecule has 0 bridgehead atoms. The van der Waals surface area contributed by atoms with Gasteiger partial charge in [0, 0.05) is 6.20 Å². The van der Waals surface area contributed by atoms with Crippen LogP contribution in [0, 0.1) is 0 Å². The van der Waals surface area contributed by atoms with Gasteiger partial charge in [0.25, 0.3) is 6.02 Å². The summed E-state index contributed by atoms with van der Waals surface area (Å²) in [4.78, 5) is 3.62. The van der Waals surface area contributed by atoms with Crippen molar-refractivity contribution < 1.29 is 4.74 Å². The van der Waals surface area contributed by atoms with Crippen LogP contribution in [0.4, 0.5) is 0 Å². The highest BCUT2D eigenvalue weighted by atomic mass is 16.5. The van der Waals surface area contributed by atoms with E-state index in [0.717, 1.165) is 0 Å². The van der Waals surface area contributed by atoms with Crippen molar-refractivity contribution in [3.63, 3.8) is 0 Å². The van der Waals surface area contributed by atoms with Crippen LogP contribution in [-0.2, 0) is 4.74 Å². The molecule has 0 aromatic rings. The normalized spacial score (nSPS) is 18.0. The zero-order chi connectivity index (χ0) is 5.11. The number of rotatable bonds is 0. The summed E-state index contributed by atoms with van der Waals surface area (Å²) in [5.41, 5.74) is 5.11. The Labute approximate surface area is 41.5 Å². The molecule has 0 aromatic carbocycles. The maximum atomic E-state index is 5.11. The largest absolute Gasteiger partial charge is 0.461 e. The monoisotopic (exact) mass is 98.0 g/mol. The van der Waals surface area contributed by atoms with Crippen molar-refractivity contribution in [3.8, 4) is 0 Å². The smallest absolute Gasteiger partial charge is 0.286 e. The second-order valence-electron chi connectivity index (χ2n) is 1.16. The highest BCUT2D eigenvalue weighted by Crippen LogP contribution is 1.86. The number of nitrogens with zero attached hydrogens (tertiary/aromatic N) is 1. The minimum Gasteiger partial charge on any atom is -0.461 e. The lowest BCUT2D eigenvalue weighted by molar-refractivity contribution is 0.339. The topological polar surface area (TPSA) is 47.6 Å². The first-order valence-electron chi connectivity index (χ1n) is 2.00. The third-order valence-electron chi connectivity index (χ3n) is 0.635. The van der Waals surface area contributed by atoms with E-state index in [-0.39, 0.29) is 6.02 Å². The fourth-order valence-corrected chi connectivity index (χ4v) is 0.340. The first-order chi connectivity index (χ1) is 3.39. The van der Waals surface area contributed by atoms with Crippen LogP contribution in [0.15, 0.2) is 17.3 Å². The maximum Gasteiger partial charge on any atom is 0.286 e. The standard InChI is InChI=1S/C4H6N2O/c5-4-6-2-1-3-7-4/h1-2H,3H2,(H2,5,6). The molecule has 0 fully saturated rings. The molecule has 7 heavy (non-hydrogen) atoms. The summed E-state index contributed by atoms with van der Waals surface area (Å²) >= 11 is 0. The van der Waals surface area contributed by atoms with Crippen LogP contribution in [0.3, 0.4) is 0 Å². The van der Waals surface area contributed by atoms with Gasteiger partial charge in [-0.15, -0.1) is 0 Å². The quantitative estimate of drug-likeness (QED) is 0.457. The van der Waals surface area contributed by atoms with E-state index in [1.165, 1.54) is 0 Å². The molecule has 1 heterocycles. The number of aliphatic imine (C=N–C) groups is 1. The number of ether oxygens (including phenoxy) is 1. The average Bonchev–Trinajstić information content (AvgIpc) is 1.69. The van der Waals surface area contributed by atoms with Crippen LogP contribution in [0.1, 0.15) is 0 Å². The van der Waals surface area contributed by atoms with Crippen LogP contribution in [0.2, 0.25) is 0 Å². The molecule has 0 amide bonds. The molecular formula is C4H6N2O. The Morgan fingerprint density at radius 3 is 3.00 bits per heavy atom. The number of hydrogen-bond acceptors (Lipinski definition) is 3. The molecular weight excluding hydrogens is 92.1 g/mol. The minimum absolute atomic E-state index is 0.252. The summed E-state index contributed by atoms with van der Waals surface area (Å²) < 4.78 is 4.72. The fourth-order valence-electron chi connectivity index (χ4n) is 0.340. The Hall–Kier alpha value is -0.990. The molecule has 0 radical (unpaired) electrons. The van der Waals surface area contributed by atoms with E-state index in [1.54, 1.807) is 12.3 Å². The number of nitrogens with two attached hydrogens (primary N) is 1. The van der Waals surface area contributed by atoms with Gasteiger partial charge in [-0.3, -0.25) is 0 Å². The second-order valence-corrected chi connectivity index (χ2v) is 1.16. The predicted molar refractivity (Wildman–Crippen MR) is 26.7 cm³/mol. The van der Waals surface area contributed by atoms with Crippen LogP contribution in [0.5, 0.6) is 0 Å². The van der Waals surface area contributed by atoms with Crippen LogP contribution < -0.4 is 5.73 Å². The van der Waals surface area contributed by atoms with E-state index >= 15 is 0 Å². The fraction of sp³-hybridized carbons (Fsp3) is 0.250. The molecule has 0 spiro atoms. The van der Waals surface area contributed by atoms with Crippen molar-refractivity contribution in [2.75, 3.05) is 6.61 Å². The Morgan fingerprint density at radius 1 is 1.86 bits per heavy atom. The lowest BCUT2D eigenvalue weighted by Gasteiger charge is -2.01. The molecule has 0 aromatic heterocycles. The predicted octanol–water partition coefficient (Wildman–Crippen LogP) is -0.155. The van der Waals surface area contributed by atoms with Gasteiger partial charge in [0.1, 0.15) is 6.61 Å². The highest BCUT2D eigenvalue weighted by molar-refractivity contribution is 5.72. The summed E-state index contributed by atoms with van der Waals surface area (Å²) in [6.07, 6.45) is 3.41. The van der Waals surface area contributed by atoms with Gasteiger partial charge in [-0.05, 0) is 6.08 Å². The third kappa shape index (κ3) is 0.924. The van der Waals surface area contributed by atoms with Gasteiger partial charge in [0.2, 0.25) is 0 Å². The summed E-state index contributed by atoms with van der Waals surface area (Å²) in [6.45, 7) is 0.551. The molecule has 1 aliphatic heterocycles. The molecule has 3 heteroatoms. The molecule has 2 N–H and O–H groups in total. The molecule has 0 unspecified atom stereocenters. The van der Waals surface area contributed by atoms with E-state index in [4.69, 9.17) is 10.5 Å². The molecule has 1 aliphatic rings.